The number of pyridine rings is 1. The monoisotopic (exact) mass is 449 g/mol. The predicted octanol–water partition coefficient (Wildman–Crippen LogP) is 4.16. The van der Waals surface area contributed by atoms with E-state index in [1.807, 2.05) is 25.1 Å². The Bertz CT molecular complexity index is 1160. The zero-order chi connectivity index (χ0) is 22.7. The number of methoxy groups -OCH3 is 2. The Morgan fingerprint density at radius 2 is 1.84 bits per heavy atom. The first kappa shape index (κ1) is 21.7. The molecular weight excluding hydrogens is 426 g/mol. The van der Waals surface area contributed by atoms with Crippen molar-refractivity contribution in [3.63, 3.8) is 0 Å². The van der Waals surface area contributed by atoms with E-state index in [4.69, 9.17) is 9.47 Å². The number of benzene rings is 2. The maximum Gasteiger partial charge on any atom is 0.261 e. The van der Waals surface area contributed by atoms with Gasteiger partial charge in [-0.2, -0.15) is 0 Å². The van der Waals surface area contributed by atoms with E-state index in [2.05, 4.69) is 10.3 Å². The third-order valence-corrected chi connectivity index (χ3v) is 6.22. The van der Waals surface area contributed by atoms with Crippen LogP contribution in [0.25, 0.3) is 0 Å². The molecule has 1 aliphatic rings. The van der Waals surface area contributed by atoms with Gasteiger partial charge in [-0.05, 0) is 48.9 Å². The molecule has 0 aliphatic carbocycles. The molecule has 0 unspecified atom stereocenters. The topological polar surface area (TPSA) is 80.8 Å². The smallest absolute Gasteiger partial charge is 0.261 e. The minimum atomic E-state index is -0.234. The van der Waals surface area contributed by atoms with Gasteiger partial charge in [-0.1, -0.05) is 17.8 Å². The van der Waals surface area contributed by atoms with E-state index in [9.17, 15) is 9.59 Å². The number of fused-ring (bicyclic) bond motifs is 2. The number of rotatable bonds is 6. The third-order valence-electron chi connectivity index (χ3n) is 5.15. The number of nitrogens with one attached hydrogen (secondary N) is 1. The van der Waals surface area contributed by atoms with Crippen molar-refractivity contribution in [2.24, 2.45) is 0 Å². The third kappa shape index (κ3) is 4.27. The molecule has 32 heavy (non-hydrogen) atoms. The second-order valence-corrected chi connectivity index (χ2v) is 8.12. The SMILES string of the molecule is CCN1C(=O)c2cccnc2Sc2cc(CNC(=O)c3cc(OC)cc(OC)c3)ccc21. The van der Waals surface area contributed by atoms with Crippen molar-refractivity contribution >= 4 is 29.3 Å². The lowest BCUT2D eigenvalue weighted by atomic mass is 10.1. The summed E-state index contributed by atoms with van der Waals surface area (Å²) in [7, 11) is 3.09. The fraction of sp³-hybridized carbons (Fsp3) is 0.208. The van der Waals surface area contributed by atoms with Gasteiger partial charge in [0.05, 0.1) is 25.5 Å². The van der Waals surface area contributed by atoms with Crippen LogP contribution in [0.1, 0.15) is 33.2 Å². The number of nitrogens with zero attached hydrogens (tertiary/aromatic N) is 2. The molecule has 1 aliphatic heterocycles. The van der Waals surface area contributed by atoms with Crippen LogP contribution in [0.15, 0.2) is 64.6 Å². The molecule has 0 saturated carbocycles. The van der Waals surface area contributed by atoms with Crippen LogP contribution < -0.4 is 19.7 Å². The molecule has 8 heteroatoms. The van der Waals surface area contributed by atoms with Crippen LogP contribution in [0.5, 0.6) is 11.5 Å². The summed E-state index contributed by atoms with van der Waals surface area (Å²) in [4.78, 5) is 32.8. The normalized spacial score (nSPS) is 12.5. The van der Waals surface area contributed by atoms with Gasteiger partial charge in [-0.25, -0.2) is 4.98 Å². The van der Waals surface area contributed by atoms with E-state index in [1.165, 1.54) is 11.8 Å². The van der Waals surface area contributed by atoms with Gasteiger partial charge in [0.1, 0.15) is 16.5 Å². The second-order valence-electron chi connectivity index (χ2n) is 7.09. The highest BCUT2D eigenvalue weighted by Gasteiger charge is 2.27. The number of anilines is 1. The van der Waals surface area contributed by atoms with Crippen molar-refractivity contribution in [1.82, 2.24) is 10.3 Å². The Kier molecular flexibility index (Phi) is 6.32. The number of carbonyl (C=O) groups is 2. The highest BCUT2D eigenvalue weighted by Crippen LogP contribution is 2.40. The van der Waals surface area contributed by atoms with Crippen molar-refractivity contribution < 1.29 is 19.1 Å². The van der Waals surface area contributed by atoms with Crippen molar-refractivity contribution in [2.45, 2.75) is 23.4 Å². The molecule has 2 amide bonds. The molecular formula is C24H23N3O4S. The molecule has 0 bridgehead atoms. The zero-order valence-corrected chi connectivity index (χ0v) is 18.9. The molecule has 0 radical (unpaired) electrons. The lowest BCUT2D eigenvalue weighted by Crippen LogP contribution is -2.30. The Hall–Kier alpha value is -3.52. The maximum absolute atomic E-state index is 13.0. The van der Waals surface area contributed by atoms with Gasteiger partial charge >= 0.3 is 0 Å². The van der Waals surface area contributed by atoms with Crippen molar-refractivity contribution in [3.05, 3.63) is 71.4 Å². The Morgan fingerprint density at radius 1 is 1.09 bits per heavy atom. The zero-order valence-electron chi connectivity index (χ0n) is 18.0. The quantitative estimate of drug-likeness (QED) is 0.609. The molecule has 164 valence electrons. The molecule has 2 aromatic carbocycles. The Balaban J connectivity index is 1.57. The van der Waals surface area contributed by atoms with Crippen LogP contribution in [-0.2, 0) is 6.54 Å². The minimum absolute atomic E-state index is 0.0603. The molecule has 2 heterocycles. The number of hydrogen-bond acceptors (Lipinski definition) is 6. The van der Waals surface area contributed by atoms with Gasteiger partial charge in [0.15, 0.2) is 0 Å². The van der Waals surface area contributed by atoms with Crippen LogP contribution in [-0.4, -0.2) is 37.6 Å². The highest BCUT2D eigenvalue weighted by atomic mass is 32.2. The summed E-state index contributed by atoms with van der Waals surface area (Å²) < 4.78 is 10.5. The molecule has 3 aromatic rings. The van der Waals surface area contributed by atoms with Gasteiger partial charge in [0.25, 0.3) is 11.8 Å². The summed E-state index contributed by atoms with van der Waals surface area (Å²) in [6, 6.07) is 14.5. The summed E-state index contributed by atoms with van der Waals surface area (Å²) in [5, 5.41) is 3.62. The number of amides is 2. The van der Waals surface area contributed by atoms with E-state index < -0.39 is 0 Å². The van der Waals surface area contributed by atoms with Crippen molar-refractivity contribution in [1.29, 1.82) is 0 Å². The summed E-state index contributed by atoms with van der Waals surface area (Å²) >= 11 is 1.46. The van der Waals surface area contributed by atoms with E-state index in [0.29, 0.717) is 40.7 Å². The van der Waals surface area contributed by atoms with Crippen LogP contribution in [0.2, 0.25) is 0 Å². The van der Waals surface area contributed by atoms with Gasteiger partial charge in [-0.3, -0.25) is 9.59 Å². The Labute approximate surface area is 190 Å². The largest absolute Gasteiger partial charge is 0.497 e. The average molecular weight is 450 g/mol. The first-order chi connectivity index (χ1) is 15.5. The fourth-order valence-corrected chi connectivity index (χ4v) is 4.58. The van der Waals surface area contributed by atoms with Crippen LogP contribution in [0, 0.1) is 0 Å². The molecule has 1 aromatic heterocycles. The molecule has 7 nitrogen and oxygen atoms in total. The molecule has 1 N–H and O–H groups in total. The van der Waals surface area contributed by atoms with E-state index in [-0.39, 0.29) is 11.8 Å². The number of hydrogen-bond donors (Lipinski definition) is 1. The lowest BCUT2D eigenvalue weighted by molar-refractivity contribution is 0.0948. The van der Waals surface area contributed by atoms with Crippen LogP contribution in [0.3, 0.4) is 0 Å². The molecule has 0 spiro atoms. The molecule has 0 saturated heterocycles. The van der Waals surface area contributed by atoms with Gasteiger partial charge < -0.3 is 19.7 Å². The molecule has 4 rings (SSSR count). The van der Waals surface area contributed by atoms with E-state index in [1.54, 1.807) is 55.6 Å². The van der Waals surface area contributed by atoms with Crippen molar-refractivity contribution in [2.75, 3.05) is 25.7 Å². The number of aromatic nitrogens is 1. The van der Waals surface area contributed by atoms with E-state index in [0.717, 1.165) is 16.1 Å². The number of ether oxygens (including phenoxy) is 2. The standard InChI is InChI=1S/C24H23N3O4S/c1-4-27-20-8-7-15(10-21(20)32-23-19(24(27)29)6-5-9-25-23)14-26-22(28)16-11-17(30-2)13-18(12-16)31-3/h5-13H,4,14H2,1-3H3,(H,26,28). The molecule has 0 fully saturated rings. The van der Waals surface area contributed by atoms with Gasteiger partial charge in [0.2, 0.25) is 0 Å². The fourth-order valence-electron chi connectivity index (χ4n) is 3.50. The number of carbonyl (C=O) groups excluding carboxylic acids is 2. The van der Waals surface area contributed by atoms with E-state index >= 15 is 0 Å². The summed E-state index contributed by atoms with van der Waals surface area (Å²) in [5.41, 5.74) is 2.80. The predicted molar refractivity (Wildman–Crippen MR) is 123 cm³/mol. The highest BCUT2D eigenvalue weighted by molar-refractivity contribution is 7.99. The summed E-state index contributed by atoms with van der Waals surface area (Å²) in [6.07, 6.45) is 1.69. The first-order valence-electron chi connectivity index (χ1n) is 10.1. The van der Waals surface area contributed by atoms with Gasteiger partial charge in [0, 0.05) is 35.8 Å². The first-order valence-corrected chi connectivity index (χ1v) is 10.9. The van der Waals surface area contributed by atoms with Gasteiger partial charge in [-0.15, -0.1) is 0 Å². The van der Waals surface area contributed by atoms with Crippen LogP contribution >= 0.6 is 11.8 Å². The maximum atomic E-state index is 13.0. The minimum Gasteiger partial charge on any atom is -0.497 e. The van der Waals surface area contributed by atoms with Crippen molar-refractivity contribution in [3.8, 4) is 11.5 Å². The lowest BCUT2D eigenvalue weighted by Gasteiger charge is -2.21. The second kappa shape index (κ2) is 9.32. The average Bonchev–Trinajstić information content (AvgIpc) is 2.95. The Morgan fingerprint density at radius 3 is 2.53 bits per heavy atom. The molecule has 0 atom stereocenters. The summed E-state index contributed by atoms with van der Waals surface area (Å²) in [6.45, 7) is 2.83. The summed E-state index contributed by atoms with van der Waals surface area (Å²) in [5.74, 6) is 0.801. The van der Waals surface area contributed by atoms with Crippen LogP contribution in [0.4, 0.5) is 5.69 Å².